The summed E-state index contributed by atoms with van der Waals surface area (Å²) in [4.78, 5) is 42.6. The monoisotopic (exact) mass is 347 g/mol. The van der Waals surface area contributed by atoms with Crippen molar-refractivity contribution in [3.05, 3.63) is 42.6 Å². The molecule has 9 heteroatoms. The predicted octanol–water partition coefficient (Wildman–Crippen LogP) is -0.204. The summed E-state index contributed by atoms with van der Waals surface area (Å²) in [5.74, 6) is 0.559. The van der Waals surface area contributed by atoms with Crippen molar-refractivity contribution in [2.24, 2.45) is 12.5 Å². The van der Waals surface area contributed by atoms with Gasteiger partial charge < -0.3 is 4.90 Å². The number of thiazole rings is 1. The number of hydrogen-bond acceptors (Lipinski definition) is 6. The van der Waals surface area contributed by atoms with Crippen LogP contribution >= 0.6 is 11.3 Å². The average Bonchev–Trinajstić information content (AvgIpc) is 3.24. The minimum atomic E-state index is -0.611. The van der Waals surface area contributed by atoms with E-state index >= 15 is 0 Å². The Morgan fingerprint density at radius 3 is 2.79 bits per heavy atom. The van der Waals surface area contributed by atoms with Crippen molar-refractivity contribution in [3.63, 3.8) is 0 Å². The highest BCUT2D eigenvalue weighted by molar-refractivity contribution is 7.09. The summed E-state index contributed by atoms with van der Waals surface area (Å²) < 4.78 is 2.58. The molecule has 0 aliphatic carbocycles. The largest absolute Gasteiger partial charge is 0.337 e. The zero-order chi connectivity index (χ0) is 17.1. The molecule has 1 amide bonds. The molecule has 2 aliphatic rings. The van der Waals surface area contributed by atoms with Gasteiger partial charge in [0.1, 0.15) is 11.5 Å². The quantitative estimate of drug-likeness (QED) is 0.666. The lowest BCUT2D eigenvalue weighted by Crippen LogP contribution is -2.42. The third-order valence-electron chi connectivity index (χ3n) is 4.89. The van der Waals surface area contributed by atoms with Crippen molar-refractivity contribution in [1.29, 1.82) is 0 Å². The van der Waals surface area contributed by atoms with E-state index < -0.39 is 11.1 Å². The van der Waals surface area contributed by atoms with Gasteiger partial charge in [-0.1, -0.05) is 0 Å². The zero-order valence-corrected chi connectivity index (χ0v) is 14.3. The van der Waals surface area contributed by atoms with E-state index in [-0.39, 0.29) is 11.3 Å². The zero-order valence-electron chi connectivity index (χ0n) is 13.5. The Morgan fingerprint density at radius 1 is 1.29 bits per heavy atom. The molecule has 24 heavy (non-hydrogen) atoms. The van der Waals surface area contributed by atoms with Crippen LogP contribution in [0.5, 0.6) is 0 Å². The Bertz CT molecular complexity index is 959. The summed E-state index contributed by atoms with van der Waals surface area (Å²) in [5, 5.41) is 6.86. The predicted molar refractivity (Wildman–Crippen MR) is 87.2 cm³/mol. The summed E-state index contributed by atoms with van der Waals surface area (Å²) in [7, 11) is 1.49. The molecule has 126 valence electrons. The van der Waals surface area contributed by atoms with E-state index in [1.165, 1.54) is 23.0 Å². The molecular formula is C15H17N5O3S. The number of carbonyl (C=O) groups is 1. The molecule has 2 aromatic heterocycles. The molecule has 2 aromatic rings. The lowest BCUT2D eigenvalue weighted by Gasteiger charge is -2.22. The van der Waals surface area contributed by atoms with Gasteiger partial charge in [0.05, 0.1) is 5.01 Å². The highest BCUT2D eigenvalue weighted by Crippen LogP contribution is 2.39. The smallest absolute Gasteiger partial charge is 0.332 e. The van der Waals surface area contributed by atoms with E-state index in [9.17, 15) is 14.4 Å². The van der Waals surface area contributed by atoms with Gasteiger partial charge in [-0.3, -0.25) is 19.0 Å². The van der Waals surface area contributed by atoms with E-state index in [0.29, 0.717) is 37.6 Å². The van der Waals surface area contributed by atoms with Gasteiger partial charge in [-0.05, 0) is 13.3 Å². The van der Waals surface area contributed by atoms with Crippen molar-refractivity contribution in [2.75, 3.05) is 13.1 Å². The molecule has 0 N–H and O–H groups in total. The summed E-state index contributed by atoms with van der Waals surface area (Å²) in [6, 6.07) is 0. The van der Waals surface area contributed by atoms with Gasteiger partial charge in [-0.2, -0.15) is 5.10 Å². The Balaban J connectivity index is 1.59. The van der Waals surface area contributed by atoms with Crippen molar-refractivity contribution in [2.45, 2.75) is 26.3 Å². The maximum absolute atomic E-state index is 12.6. The fraction of sp³-hybridized carbons (Fsp3) is 0.533. The third kappa shape index (κ3) is 2.22. The molecule has 1 atom stereocenters. The molecular weight excluding hydrogens is 330 g/mol. The number of carbonyl (C=O) groups excluding carboxylic acids is 1. The summed E-state index contributed by atoms with van der Waals surface area (Å²) in [5.41, 5.74) is -0.867. The highest BCUT2D eigenvalue weighted by Gasteiger charge is 2.46. The molecule has 1 spiro atoms. The van der Waals surface area contributed by atoms with Gasteiger partial charge in [0.25, 0.3) is 5.91 Å². The van der Waals surface area contributed by atoms with E-state index in [1.807, 2.05) is 6.92 Å². The average molecular weight is 347 g/mol. The summed E-state index contributed by atoms with van der Waals surface area (Å²) in [6.07, 6.45) is 1.40. The second-order valence-corrected chi connectivity index (χ2v) is 7.70. The van der Waals surface area contributed by atoms with Gasteiger partial charge in [0.15, 0.2) is 0 Å². The second kappa shape index (κ2) is 5.10. The molecule has 1 saturated heterocycles. The topological polar surface area (TPSA) is 90.1 Å². The Hall–Kier alpha value is -2.29. The van der Waals surface area contributed by atoms with Gasteiger partial charge in [-0.25, -0.2) is 9.67 Å². The van der Waals surface area contributed by atoms with Crippen LogP contribution in [0.2, 0.25) is 0 Å². The van der Waals surface area contributed by atoms with Gasteiger partial charge in [0, 0.05) is 43.9 Å². The summed E-state index contributed by atoms with van der Waals surface area (Å²) in [6.45, 7) is 3.51. The minimum Gasteiger partial charge on any atom is -0.337 e. The highest BCUT2D eigenvalue weighted by atomic mass is 32.1. The van der Waals surface area contributed by atoms with E-state index in [4.69, 9.17) is 0 Å². The molecule has 0 radical (unpaired) electrons. The van der Waals surface area contributed by atoms with Crippen molar-refractivity contribution in [1.82, 2.24) is 24.2 Å². The Morgan fingerprint density at radius 2 is 2.08 bits per heavy atom. The number of hydrogen-bond donors (Lipinski definition) is 0. The van der Waals surface area contributed by atoms with Crippen LogP contribution in [0.15, 0.2) is 15.0 Å². The van der Waals surface area contributed by atoms with Crippen LogP contribution in [0, 0.1) is 12.3 Å². The standard InChI is InChI=1S/C15H17N5O3S/c1-9-16-10(6-24-9)12(21)19-4-3-15(7-19)5-11-17-18(2)13(22)14(23)20(11)8-15/h6H,3-5,7-8H2,1-2H3. The van der Waals surface area contributed by atoms with Crippen molar-refractivity contribution in [3.8, 4) is 0 Å². The summed E-state index contributed by atoms with van der Waals surface area (Å²) >= 11 is 1.46. The van der Waals surface area contributed by atoms with Crippen LogP contribution in [0.1, 0.15) is 27.7 Å². The molecule has 4 heterocycles. The molecule has 0 bridgehead atoms. The van der Waals surface area contributed by atoms with Gasteiger partial charge in [0.2, 0.25) is 0 Å². The van der Waals surface area contributed by atoms with Crippen molar-refractivity contribution >= 4 is 17.2 Å². The molecule has 0 saturated carbocycles. The van der Waals surface area contributed by atoms with E-state index in [1.54, 1.807) is 10.3 Å². The van der Waals surface area contributed by atoms with Crippen LogP contribution < -0.4 is 11.1 Å². The Kier molecular flexibility index (Phi) is 3.24. The number of aromatic nitrogens is 4. The molecule has 4 rings (SSSR count). The SMILES string of the molecule is Cc1nc(C(=O)N2CCC3(Cc4nn(C)c(=O)c(=O)n4C3)C2)cs1. The first-order chi connectivity index (χ1) is 11.4. The number of fused-ring (bicyclic) bond motifs is 1. The van der Waals surface area contributed by atoms with Crippen LogP contribution in [-0.2, 0) is 20.0 Å². The molecule has 0 aromatic carbocycles. The third-order valence-corrected chi connectivity index (χ3v) is 5.66. The van der Waals surface area contributed by atoms with E-state index in [2.05, 4.69) is 10.1 Å². The first-order valence-corrected chi connectivity index (χ1v) is 8.65. The number of amides is 1. The maximum Gasteiger partial charge on any atom is 0.332 e. The van der Waals surface area contributed by atoms with Gasteiger partial charge >= 0.3 is 11.1 Å². The molecule has 1 unspecified atom stereocenters. The lowest BCUT2D eigenvalue weighted by atomic mass is 9.86. The number of nitrogens with zero attached hydrogens (tertiary/aromatic N) is 5. The lowest BCUT2D eigenvalue weighted by molar-refractivity contribution is 0.0766. The Labute approximate surface area is 141 Å². The van der Waals surface area contributed by atoms with Crippen LogP contribution in [0.3, 0.4) is 0 Å². The second-order valence-electron chi connectivity index (χ2n) is 6.64. The minimum absolute atomic E-state index is 0.0671. The first-order valence-electron chi connectivity index (χ1n) is 7.77. The van der Waals surface area contributed by atoms with Gasteiger partial charge in [-0.15, -0.1) is 11.3 Å². The molecule has 2 aliphatic heterocycles. The first kappa shape index (κ1) is 15.3. The normalized spacial score (nSPS) is 22.3. The van der Waals surface area contributed by atoms with E-state index in [0.717, 1.165) is 16.1 Å². The van der Waals surface area contributed by atoms with Crippen LogP contribution in [0.4, 0.5) is 0 Å². The number of aryl methyl sites for hydroxylation is 2. The fourth-order valence-corrected chi connectivity index (χ4v) is 4.26. The number of rotatable bonds is 1. The van der Waals surface area contributed by atoms with Crippen molar-refractivity contribution < 1.29 is 4.79 Å². The fourth-order valence-electron chi connectivity index (χ4n) is 3.67. The van der Waals surface area contributed by atoms with Crippen LogP contribution in [-0.4, -0.2) is 43.2 Å². The number of likely N-dealkylation sites (tertiary alicyclic amines) is 1. The molecule has 8 nitrogen and oxygen atoms in total. The maximum atomic E-state index is 12.6. The molecule has 1 fully saturated rings. The van der Waals surface area contributed by atoms with Crippen LogP contribution in [0.25, 0.3) is 0 Å².